The van der Waals surface area contributed by atoms with Gasteiger partial charge in [0.1, 0.15) is 11.9 Å². The molecule has 0 N–H and O–H groups in total. The van der Waals surface area contributed by atoms with E-state index >= 15 is 0 Å². The number of rotatable bonds is 1. The molecule has 2 aromatic rings. The number of para-hydroxylation sites is 2. The van der Waals surface area contributed by atoms with Gasteiger partial charge in [0.25, 0.3) is 5.84 Å². The molecule has 0 bridgehead atoms. The fourth-order valence-electron chi connectivity index (χ4n) is 3.15. The van der Waals surface area contributed by atoms with Crippen LogP contribution in [0.4, 0.5) is 24.5 Å². The number of fused-ring (bicyclic) bond motifs is 3. The molecule has 120 valence electrons. The largest absolute Gasteiger partial charge is 0.416 e. The third-order valence-corrected chi connectivity index (χ3v) is 4.43. The Morgan fingerprint density at radius 2 is 1.79 bits per heavy atom. The lowest BCUT2D eigenvalue weighted by atomic mass is 10.0. The van der Waals surface area contributed by atoms with Gasteiger partial charge in [0.2, 0.25) is 0 Å². The minimum absolute atomic E-state index is 0.209. The number of hydrogen-bond donors (Lipinski definition) is 0. The van der Waals surface area contributed by atoms with E-state index in [4.69, 9.17) is 0 Å². The monoisotopic (exact) mass is 328 g/mol. The number of halogens is 3. The van der Waals surface area contributed by atoms with Gasteiger partial charge in [-0.25, -0.2) is 9.48 Å². The summed E-state index contributed by atoms with van der Waals surface area (Å²) >= 11 is 0. The quantitative estimate of drug-likeness (QED) is 0.674. The van der Waals surface area contributed by atoms with Crippen molar-refractivity contribution in [2.45, 2.75) is 6.18 Å². The van der Waals surface area contributed by atoms with E-state index in [-0.39, 0.29) is 4.48 Å². The molecule has 0 amide bonds. The average molecular weight is 328 g/mol. The van der Waals surface area contributed by atoms with Crippen molar-refractivity contribution in [1.82, 2.24) is 4.48 Å². The Balaban J connectivity index is 1.87. The summed E-state index contributed by atoms with van der Waals surface area (Å²) in [5.74, 6) is 0.682. The molecule has 0 aromatic heterocycles. The predicted octanol–water partition coefficient (Wildman–Crippen LogP) is 4.77. The minimum Gasteiger partial charge on any atom is -0.242 e. The standard InChI is InChI=1S/C18H13F3N3/c1-24-15-8-3-2-7-14(15)22-11-17(24)23-10-16(24)12-5-4-6-13(9-12)18(19,20)21/h2-11H,1H3/q+1. The van der Waals surface area contributed by atoms with E-state index in [0.29, 0.717) is 17.1 Å². The fraction of sp³-hybridized carbons (Fsp3) is 0.111. The van der Waals surface area contributed by atoms with Crippen LogP contribution in [0.5, 0.6) is 0 Å². The first-order valence-corrected chi connectivity index (χ1v) is 7.37. The zero-order valence-corrected chi connectivity index (χ0v) is 12.7. The van der Waals surface area contributed by atoms with Crippen molar-refractivity contribution in [1.29, 1.82) is 0 Å². The van der Waals surface area contributed by atoms with Crippen LogP contribution in [0.25, 0.3) is 5.70 Å². The van der Waals surface area contributed by atoms with Crippen LogP contribution in [0.3, 0.4) is 0 Å². The summed E-state index contributed by atoms with van der Waals surface area (Å²) in [6, 6.07) is 12.9. The topological polar surface area (TPSA) is 24.7 Å². The third-order valence-electron chi connectivity index (χ3n) is 4.43. The molecule has 6 heteroatoms. The molecule has 0 radical (unpaired) electrons. The maximum Gasteiger partial charge on any atom is 0.416 e. The summed E-state index contributed by atoms with van der Waals surface area (Å²) in [6.45, 7) is 0. The molecule has 2 aliphatic rings. The highest BCUT2D eigenvalue weighted by molar-refractivity contribution is 6.39. The molecule has 4 rings (SSSR count). The summed E-state index contributed by atoms with van der Waals surface area (Å²) in [6.07, 6.45) is -1.09. The SMILES string of the molecule is C[N+]12C(c3cccc(C(F)(F)F)c3)=CN=C1C=Nc1ccccc12. The maximum atomic E-state index is 13.0. The van der Waals surface area contributed by atoms with Gasteiger partial charge >= 0.3 is 6.18 Å². The predicted molar refractivity (Wildman–Crippen MR) is 89.2 cm³/mol. The van der Waals surface area contributed by atoms with Gasteiger partial charge in [-0.2, -0.15) is 18.2 Å². The Kier molecular flexibility index (Phi) is 3.02. The van der Waals surface area contributed by atoms with E-state index in [1.165, 1.54) is 12.1 Å². The molecule has 1 atom stereocenters. The summed E-state index contributed by atoms with van der Waals surface area (Å²) in [7, 11) is 1.92. The lowest BCUT2D eigenvalue weighted by molar-refractivity contribution is -0.137. The normalized spacial score (nSPS) is 21.8. The van der Waals surface area contributed by atoms with Crippen LogP contribution < -0.4 is 4.48 Å². The Labute approximate surface area is 136 Å². The molecule has 3 nitrogen and oxygen atoms in total. The van der Waals surface area contributed by atoms with Gasteiger partial charge in [-0.15, -0.1) is 0 Å². The van der Waals surface area contributed by atoms with E-state index in [9.17, 15) is 13.2 Å². The maximum absolute atomic E-state index is 13.0. The van der Waals surface area contributed by atoms with Crippen LogP contribution in [0.15, 0.2) is 64.7 Å². The van der Waals surface area contributed by atoms with Crippen LogP contribution in [-0.4, -0.2) is 19.1 Å². The fourth-order valence-corrected chi connectivity index (χ4v) is 3.15. The second-order valence-corrected chi connectivity index (χ2v) is 5.83. The first-order valence-electron chi connectivity index (χ1n) is 7.37. The molecule has 0 saturated heterocycles. The number of aliphatic imine (C=N–C) groups is 2. The second-order valence-electron chi connectivity index (χ2n) is 5.83. The second kappa shape index (κ2) is 4.88. The Hall–Kier alpha value is -2.73. The number of hydrogen-bond acceptors (Lipinski definition) is 2. The van der Waals surface area contributed by atoms with Crippen LogP contribution in [0.2, 0.25) is 0 Å². The summed E-state index contributed by atoms with van der Waals surface area (Å²) in [5.41, 5.74) is 2.20. The molecule has 2 aliphatic heterocycles. The molecule has 24 heavy (non-hydrogen) atoms. The van der Waals surface area contributed by atoms with E-state index in [1.54, 1.807) is 18.5 Å². The first kappa shape index (κ1) is 14.8. The summed E-state index contributed by atoms with van der Waals surface area (Å²) in [4.78, 5) is 8.76. The summed E-state index contributed by atoms with van der Waals surface area (Å²) < 4.78 is 39.4. The number of quaternary nitrogens is 1. The number of amidine groups is 1. The zero-order chi connectivity index (χ0) is 16.9. The molecule has 1 unspecified atom stereocenters. The van der Waals surface area contributed by atoms with Crippen molar-refractivity contribution in [3.63, 3.8) is 0 Å². The van der Waals surface area contributed by atoms with Crippen LogP contribution in [0.1, 0.15) is 11.1 Å². The van der Waals surface area contributed by atoms with Crippen LogP contribution in [0, 0.1) is 0 Å². The van der Waals surface area contributed by atoms with Crippen molar-refractivity contribution < 1.29 is 13.2 Å². The van der Waals surface area contributed by atoms with Gasteiger partial charge in [0.05, 0.1) is 18.8 Å². The minimum atomic E-state index is -4.38. The molecular formula is C18H13F3N3+. The lowest BCUT2D eigenvalue weighted by Gasteiger charge is -2.33. The van der Waals surface area contributed by atoms with Crippen molar-refractivity contribution in [3.8, 4) is 0 Å². The third kappa shape index (κ3) is 2.03. The average Bonchev–Trinajstić information content (AvgIpc) is 2.92. The Bertz CT molecular complexity index is 925. The number of nitrogens with zero attached hydrogens (tertiary/aromatic N) is 3. The Morgan fingerprint density at radius 3 is 2.58 bits per heavy atom. The highest BCUT2D eigenvalue weighted by atomic mass is 19.4. The molecule has 0 fully saturated rings. The highest BCUT2D eigenvalue weighted by Crippen LogP contribution is 2.44. The lowest BCUT2D eigenvalue weighted by Crippen LogP contribution is -2.48. The van der Waals surface area contributed by atoms with E-state index in [1.807, 2.05) is 31.3 Å². The molecule has 0 saturated carbocycles. The summed E-state index contributed by atoms with van der Waals surface area (Å²) in [5, 5.41) is 0. The molecule has 2 heterocycles. The number of alkyl halides is 3. The smallest absolute Gasteiger partial charge is 0.242 e. The van der Waals surface area contributed by atoms with E-state index in [0.717, 1.165) is 17.4 Å². The van der Waals surface area contributed by atoms with Gasteiger partial charge < -0.3 is 0 Å². The van der Waals surface area contributed by atoms with Gasteiger partial charge in [0.15, 0.2) is 11.4 Å². The van der Waals surface area contributed by atoms with Gasteiger partial charge in [-0.1, -0.05) is 18.2 Å². The van der Waals surface area contributed by atoms with Gasteiger partial charge in [-0.3, -0.25) is 0 Å². The van der Waals surface area contributed by atoms with E-state index in [2.05, 4.69) is 9.98 Å². The molecule has 0 aliphatic carbocycles. The van der Waals surface area contributed by atoms with E-state index < -0.39 is 11.7 Å². The number of benzene rings is 2. The van der Waals surface area contributed by atoms with Gasteiger partial charge in [0, 0.05) is 11.6 Å². The van der Waals surface area contributed by atoms with Crippen LogP contribution in [-0.2, 0) is 6.18 Å². The van der Waals surface area contributed by atoms with Crippen molar-refractivity contribution in [3.05, 3.63) is 65.9 Å². The van der Waals surface area contributed by atoms with Crippen LogP contribution >= 0.6 is 0 Å². The van der Waals surface area contributed by atoms with Crippen molar-refractivity contribution in [2.75, 3.05) is 7.05 Å². The molecular weight excluding hydrogens is 315 g/mol. The highest BCUT2D eigenvalue weighted by Gasteiger charge is 2.44. The molecule has 0 spiro atoms. The van der Waals surface area contributed by atoms with Crippen molar-refractivity contribution >= 4 is 29.1 Å². The first-order chi connectivity index (χ1) is 11.4. The Morgan fingerprint density at radius 1 is 1.00 bits per heavy atom. The van der Waals surface area contributed by atoms with Crippen molar-refractivity contribution in [2.24, 2.45) is 9.98 Å². The zero-order valence-electron chi connectivity index (χ0n) is 12.7. The van der Waals surface area contributed by atoms with Gasteiger partial charge in [-0.05, 0) is 24.3 Å². The molecule has 2 aromatic carbocycles.